The monoisotopic (exact) mass is 297 g/mol. The van der Waals surface area contributed by atoms with Gasteiger partial charge in [-0.15, -0.1) is 5.10 Å². The van der Waals surface area contributed by atoms with Crippen molar-refractivity contribution >= 4 is 9.84 Å². The molecule has 0 bridgehead atoms. The second-order valence-corrected chi connectivity index (χ2v) is 8.44. The molecule has 1 heterocycles. The smallest absolute Gasteiger partial charge is 0.156 e. The summed E-state index contributed by atoms with van der Waals surface area (Å²) in [7, 11) is -3.06. The third kappa shape index (κ3) is 3.81. The molecule has 2 aliphatic carbocycles. The quantitative estimate of drug-likeness (QED) is 0.783. The van der Waals surface area contributed by atoms with Crippen molar-refractivity contribution < 1.29 is 8.42 Å². The molecule has 0 radical (unpaired) electrons. The van der Waals surface area contributed by atoms with Crippen molar-refractivity contribution in [3.8, 4) is 0 Å². The predicted molar refractivity (Wildman–Crippen MR) is 77.0 cm³/mol. The first kappa shape index (κ1) is 14.0. The van der Waals surface area contributed by atoms with Crippen LogP contribution >= 0.6 is 0 Å². The zero-order valence-electron chi connectivity index (χ0n) is 11.9. The second-order valence-electron chi connectivity index (χ2n) is 6.33. The van der Waals surface area contributed by atoms with Crippen LogP contribution in [-0.4, -0.2) is 29.2 Å². The van der Waals surface area contributed by atoms with E-state index in [0.717, 1.165) is 25.7 Å². The molecule has 0 N–H and O–H groups in total. The number of nitrogens with zero attached hydrogens (tertiary/aromatic N) is 3. The van der Waals surface area contributed by atoms with Gasteiger partial charge in [-0.2, -0.15) is 0 Å². The average molecular weight is 297 g/mol. The number of rotatable bonds is 5. The maximum absolute atomic E-state index is 12.3. The van der Waals surface area contributed by atoms with E-state index in [1.54, 1.807) is 0 Å². The van der Waals surface area contributed by atoms with Gasteiger partial charge in [0.15, 0.2) is 9.84 Å². The Hall–Kier alpha value is -0.910. The van der Waals surface area contributed by atoms with Crippen LogP contribution in [0.3, 0.4) is 0 Å². The minimum atomic E-state index is -3.06. The van der Waals surface area contributed by atoms with Crippen LogP contribution in [0.4, 0.5) is 0 Å². The van der Waals surface area contributed by atoms with Crippen molar-refractivity contribution in [2.75, 3.05) is 5.75 Å². The van der Waals surface area contributed by atoms with Gasteiger partial charge in [0.2, 0.25) is 0 Å². The first-order chi connectivity index (χ1) is 9.62. The van der Waals surface area contributed by atoms with Gasteiger partial charge in [-0.25, -0.2) is 13.1 Å². The minimum absolute atomic E-state index is 0.0518. The van der Waals surface area contributed by atoms with E-state index < -0.39 is 9.84 Å². The van der Waals surface area contributed by atoms with Crippen molar-refractivity contribution in [1.29, 1.82) is 0 Å². The van der Waals surface area contributed by atoms with Crippen molar-refractivity contribution in [2.24, 2.45) is 5.92 Å². The Morgan fingerprint density at radius 1 is 1.10 bits per heavy atom. The normalized spacial score (nSPS) is 21.8. The van der Waals surface area contributed by atoms with Gasteiger partial charge in [-0.3, -0.25) is 0 Å². The van der Waals surface area contributed by atoms with E-state index in [2.05, 4.69) is 10.3 Å². The maximum Gasteiger partial charge on any atom is 0.156 e. The molecule has 6 heteroatoms. The fourth-order valence-electron chi connectivity index (χ4n) is 3.07. The largest absolute Gasteiger partial charge is 0.249 e. The SMILES string of the molecule is O=S(=O)(Cc1cn(C2CC2)nn1)CC1CCCCCC1. The molecule has 20 heavy (non-hydrogen) atoms. The standard InChI is InChI=1S/C14H23N3O2S/c18-20(19,10-12-5-3-1-2-4-6-12)11-13-9-17(16-15-13)14-7-8-14/h9,12,14H,1-8,10-11H2. The van der Waals surface area contributed by atoms with Gasteiger partial charge in [-0.1, -0.05) is 30.9 Å². The summed E-state index contributed by atoms with van der Waals surface area (Å²) in [5, 5.41) is 8.03. The predicted octanol–water partition coefficient (Wildman–Crippen LogP) is 2.50. The highest BCUT2D eigenvalue weighted by atomic mass is 32.2. The maximum atomic E-state index is 12.3. The molecular formula is C14H23N3O2S. The fourth-order valence-corrected chi connectivity index (χ4v) is 4.82. The van der Waals surface area contributed by atoms with Crippen molar-refractivity contribution in [2.45, 2.75) is 63.2 Å². The highest BCUT2D eigenvalue weighted by molar-refractivity contribution is 7.90. The van der Waals surface area contributed by atoms with Gasteiger partial charge < -0.3 is 0 Å². The van der Waals surface area contributed by atoms with Crippen LogP contribution in [0.5, 0.6) is 0 Å². The molecule has 0 spiro atoms. The summed E-state index contributed by atoms with van der Waals surface area (Å²) in [6.07, 6.45) is 11.1. The summed E-state index contributed by atoms with van der Waals surface area (Å²) in [4.78, 5) is 0. The van der Waals surface area contributed by atoms with Gasteiger partial charge in [0.25, 0.3) is 0 Å². The lowest BCUT2D eigenvalue weighted by molar-refractivity contribution is 0.493. The van der Waals surface area contributed by atoms with E-state index in [0.29, 0.717) is 23.4 Å². The average Bonchev–Trinajstić information content (AvgIpc) is 3.17. The fraction of sp³-hybridized carbons (Fsp3) is 0.857. The van der Waals surface area contributed by atoms with Crippen molar-refractivity contribution in [3.63, 3.8) is 0 Å². The molecule has 5 nitrogen and oxygen atoms in total. The molecule has 0 saturated heterocycles. The molecule has 0 aromatic carbocycles. The first-order valence-electron chi connectivity index (χ1n) is 7.73. The van der Waals surface area contributed by atoms with Gasteiger partial charge in [0.05, 0.1) is 23.2 Å². The van der Waals surface area contributed by atoms with Crippen molar-refractivity contribution in [1.82, 2.24) is 15.0 Å². The Morgan fingerprint density at radius 2 is 1.80 bits per heavy atom. The molecule has 1 aromatic heterocycles. The number of hydrogen-bond acceptors (Lipinski definition) is 4. The molecule has 112 valence electrons. The summed E-state index contributed by atoms with van der Waals surface area (Å²) in [5.74, 6) is 0.723. The Kier molecular flexibility index (Phi) is 4.10. The zero-order valence-corrected chi connectivity index (χ0v) is 12.7. The summed E-state index contributed by atoms with van der Waals surface area (Å²) in [5.41, 5.74) is 0.602. The summed E-state index contributed by atoms with van der Waals surface area (Å²) in [6.45, 7) is 0. The number of aromatic nitrogens is 3. The van der Waals surface area contributed by atoms with Crippen molar-refractivity contribution in [3.05, 3.63) is 11.9 Å². The highest BCUT2D eigenvalue weighted by Crippen LogP contribution is 2.33. The molecule has 0 amide bonds. The Bertz CT molecular complexity index is 541. The zero-order chi connectivity index (χ0) is 14.0. The minimum Gasteiger partial charge on any atom is -0.249 e. The van der Waals surface area contributed by atoms with E-state index in [4.69, 9.17) is 0 Å². The third-order valence-electron chi connectivity index (χ3n) is 4.31. The second kappa shape index (κ2) is 5.84. The lowest BCUT2D eigenvalue weighted by Crippen LogP contribution is -2.17. The summed E-state index contributed by atoms with van der Waals surface area (Å²) < 4.78 is 26.4. The molecule has 0 aliphatic heterocycles. The molecule has 2 saturated carbocycles. The van der Waals surface area contributed by atoms with E-state index in [9.17, 15) is 8.42 Å². The van der Waals surface area contributed by atoms with Gasteiger partial charge >= 0.3 is 0 Å². The highest BCUT2D eigenvalue weighted by Gasteiger charge is 2.26. The number of hydrogen-bond donors (Lipinski definition) is 0. The molecule has 1 aromatic rings. The van der Waals surface area contributed by atoms with Crippen LogP contribution in [0.1, 0.15) is 63.1 Å². The first-order valence-corrected chi connectivity index (χ1v) is 9.56. The molecule has 0 atom stereocenters. The van der Waals surface area contributed by atoms with E-state index >= 15 is 0 Å². The van der Waals surface area contributed by atoms with Gasteiger partial charge in [0.1, 0.15) is 0 Å². The molecule has 0 unspecified atom stereocenters. The number of sulfone groups is 1. The summed E-state index contributed by atoms with van der Waals surface area (Å²) >= 11 is 0. The van der Waals surface area contributed by atoms with Crippen LogP contribution in [0.2, 0.25) is 0 Å². The van der Waals surface area contributed by atoms with Crippen LogP contribution < -0.4 is 0 Å². The molecular weight excluding hydrogens is 274 g/mol. The van der Waals surface area contributed by atoms with Crippen LogP contribution in [0.25, 0.3) is 0 Å². The topological polar surface area (TPSA) is 64.8 Å². The van der Waals surface area contributed by atoms with Crippen LogP contribution in [0.15, 0.2) is 6.20 Å². The Morgan fingerprint density at radius 3 is 2.45 bits per heavy atom. The Labute approximate surface area is 120 Å². The van der Waals surface area contributed by atoms with Crippen LogP contribution in [-0.2, 0) is 15.6 Å². The third-order valence-corrected chi connectivity index (χ3v) is 6.03. The van der Waals surface area contributed by atoms with E-state index in [1.165, 1.54) is 25.7 Å². The van der Waals surface area contributed by atoms with Crippen LogP contribution in [0, 0.1) is 5.92 Å². The summed E-state index contributed by atoms with van der Waals surface area (Å²) in [6, 6.07) is 0.459. The van der Waals surface area contributed by atoms with E-state index in [1.807, 2.05) is 10.9 Å². The van der Waals surface area contributed by atoms with Gasteiger partial charge in [-0.05, 0) is 31.6 Å². The lowest BCUT2D eigenvalue weighted by atomic mass is 10.0. The van der Waals surface area contributed by atoms with E-state index in [-0.39, 0.29) is 5.75 Å². The molecule has 2 aliphatic rings. The Balaban J connectivity index is 1.58. The van der Waals surface area contributed by atoms with Gasteiger partial charge in [0, 0.05) is 6.20 Å². The molecule has 2 fully saturated rings. The molecule has 3 rings (SSSR count). The lowest BCUT2D eigenvalue weighted by Gasteiger charge is -2.13.